The number of morpholine rings is 1. The lowest BCUT2D eigenvalue weighted by molar-refractivity contribution is -0.146. The van der Waals surface area contributed by atoms with Crippen LogP contribution in [0.5, 0.6) is 0 Å². The van der Waals surface area contributed by atoms with Gasteiger partial charge in [-0.15, -0.1) is 0 Å². The van der Waals surface area contributed by atoms with Gasteiger partial charge in [-0.25, -0.2) is 10.2 Å². The maximum absolute atomic E-state index is 14.3. The van der Waals surface area contributed by atoms with E-state index in [9.17, 15) is 24.4 Å². The molecule has 1 fully saturated rings. The topological polar surface area (TPSA) is 255 Å². The van der Waals surface area contributed by atoms with Crippen molar-refractivity contribution in [3.63, 3.8) is 0 Å². The molecule has 0 amide bonds. The zero-order valence-electron chi connectivity index (χ0n) is 28.8. The Balaban J connectivity index is 2.25. The number of carbonyl (C=O) groups excluding carboxylic acids is 2. The van der Waals surface area contributed by atoms with Crippen molar-refractivity contribution in [1.29, 1.82) is 0 Å². The second-order valence-corrected chi connectivity index (χ2v) is 13.5. The number of esters is 2. The fourth-order valence-electron chi connectivity index (χ4n) is 4.61. The third kappa shape index (κ3) is 12.2. The maximum Gasteiger partial charge on any atom is 0.342 e. The van der Waals surface area contributed by atoms with E-state index in [1.165, 1.54) is 13.3 Å². The summed E-state index contributed by atoms with van der Waals surface area (Å²) in [6.45, 7) is 11.9. The smallest absolute Gasteiger partial charge is 0.342 e. The quantitative estimate of drug-likeness (QED) is 0.0623. The monoisotopic (exact) mass is 704 g/mol. The predicted octanol–water partition coefficient (Wildman–Crippen LogP) is 0.786. The van der Waals surface area contributed by atoms with Gasteiger partial charge in [-0.05, 0) is 25.7 Å². The summed E-state index contributed by atoms with van der Waals surface area (Å²) < 4.78 is 41.2. The molecule has 48 heavy (non-hydrogen) atoms. The van der Waals surface area contributed by atoms with Crippen LogP contribution in [-0.2, 0) is 37.6 Å². The van der Waals surface area contributed by atoms with E-state index in [2.05, 4.69) is 25.1 Å². The SMILES string of the molecule is CCOC(=O)C(NP(=O)(NC(C(=O)OCC)C(C)C)OCC(OC)C(O)[C@H](O)CC=Nc1c(N)nc(N)nc1N1CCOCC1)C(C)C. The number of hydrogen-bond acceptors (Lipinski definition) is 16. The first kappa shape index (κ1) is 41.2. The number of aliphatic imine (C=N–C) groups is 1. The van der Waals surface area contributed by atoms with E-state index >= 15 is 0 Å². The van der Waals surface area contributed by atoms with Crippen LogP contribution in [0.15, 0.2) is 4.99 Å². The molecule has 1 aromatic rings. The number of anilines is 3. The van der Waals surface area contributed by atoms with E-state index in [0.717, 1.165) is 0 Å². The van der Waals surface area contributed by atoms with Crippen LogP contribution in [0.25, 0.3) is 0 Å². The first-order chi connectivity index (χ1) is 22.7. The van der Waals surface area contributed by atoms with Gasteiger partial charge < -0.3 is 50.1 Å². The highest BCUT2D eigenvalue weighted by Gasteiger charge is 2.40. The fourth-order valence-corrected chi connectivity index (χ4v) is 6.73. The second kappa shape index (κ2) is 19.9. The summed E-state index contributed by atoms with van der Waals surface area (Å²) in [6.07, 6.45) is -2.98. The number of aromatic nitrogens is 2. The highest BCUT2D eigenvalue weighted by atomic mass is 31.2. The summed E-state index contributed by atoms with van der Waals surface area (Å²) in [7, 11) is -3.00. The van der Waals surface area contributed by atoms with Crippen LogP contribution >= 0.6 is 7.67 Å². The Hall–Kier alpha value is -2.96. The van der Waals surface area contributed by atoms with Gasteiger partial charge in [0, 0.05) is 32.8 Å². The molecule has 1 saturated heterocycles. The van der Waals surface area contributed by atoms with Gasteiger partial charge in [-0.3, -0.25) is 19.1 Å². The number of carbonyl (C=O) groups is 2. The largest absolute Gasteiger partial charge is 0.465 e. The molecule has 2 heterocycles. The fraction of sp³-hybridized carbons (Fsp3) is 0.759. The molecule has 1 aromatic heterocycles. The van der Waals surface area contributed by atoms with Gasteiger partial charge in [-0.2, -0.15) is 9.97 Å². The molecule has 8 N–H and O–H groups in total. The summed E-state index contributed by atoms with van der Waals surface area (Å²) in [5.41, 5.74) is 12.1. The Morgan fingerprint density at radius 2 is 1.56 bits per heavy atom. The number of nitrogens with one attached hydrogen (secondary N) is 2. The lowest BCUT2D eigenvalue weighted by atomic mass is 10.1. The Morgan fingerprint density at radius 1 is 1.02 bits per heavy atom. The van der Waals surface area contributed by atoms with E-state index in [-0.39, 0.29) is 37.1 Å². The van der Waals surface area contributed by atoms with Crippen LogP contribution in [0.4, 0.5) is 23.3 Å². The molecule has 0 bridgehead atoms. The third-order valence-electron chi connectivity index (χ3n) is 7.32. The minimum atomic E-state index is -4.27. The first-order valence-electron chi connectivity index (χ1n) is 16.0. The van der Waals surface area contributed by atoms with Crippen molar-refractivity contribution < 1.29 is 47.8 Å². The zero-order chi connectivity index (χ0) is 36.0. The molecular formula is C29H53N8O10P. The van der Waals surface area contributed by atoms with Gasteiger partial charge in [0.15, 0.2) is 11.6 Å². The molecule has 0 saturated carbocycles. The van der Waals surface area contributed by atoms with E-state index in [0.29, 0.717) is 32.1 Å². The molecule has 274 valence electrons. The summed E-state index contributed by atoms with van der Waals surface area (Å²) in [5, 5.41) is 27.3. The van der Waals surface area contributed by atoms with Crippen LogP contribution in [-0.4, -0.2) is 122 Å². The average molecular weight is 705 g/mol. The van der Waals surface area contributed by atoms with Crippen molar-refractivity contribution in [2.45, 2.75) is 78.4 Å². The highest BCUT2D eigenvalue weighted by Crippen LogP contribution is 2.41. The molecule has 18 nitrogen and oxygen atoms in total. The number of aliphatic hydroxyl groups is 2. The Morgan fingerprint density at radius 3 is 2.04 bits per heavy atom. The van der Waals surface area contributed by atoms with Crippen molar-refractivity contribution in [2.24, 2.45) is 16.8 Å². The van der Waals surface area contributed by atoms with Gasteiger partial charge in [0.1, 0.15) is 30.0 Å². The maximum atomic E-state index is 14.3. The lowest BCUT2D eigenvalue weighted by Crippen LogP contribution is -2.49. The molecule has 19 heteroatoms. The Labute approximate surface area is 281 Å². The second-order valence-electron chi connectivity index (χ2n) is 11.7. The third-order valence-corrected chi connectivity index (χ3v) is 9.07. The summed E-state index contributed by atoms with van der Waals surface area (Å²) >= 11 is 0. The number of methoxy groups -OCH3 is 1. The van der Waals surface area contributed by atoms with Gasteiger partial charge >= 0.3 is 19.6 Å². The van der Waals surface area contributed by atoms with Crippen molar-refractivity contribution in [3.8, 4) is 0 Å². The van der Waals surface area contributed by atoms with Crippen LogP contribution in [0, 0.1) is 11.8 Å². The van der Waals surface area contributed by atoms with Gasteiger partial charge in [0.05, 0.1) is 39.1 Å². The molecule has 0 radical (unpaired) electrons. The van der Waals surface area contributed by atoms with Crippen LogP contribution < -0.4 is 26.5 Å². The number of nitrogen functional groups attached to an aromatic ring is 2. The molecule has 4 unspecified atom stereocenters. The minimum Gasteiger partial charge on any atom is -0.465 e. The standard InChI is InChI=1S/C29H53N8O10P/c1-8-45-27(40)21(17(3)4)35-48(42,36-22(18(5)6)28(41)46-9-2)47-16-20(43-7)24(39)19(38)10-11-32-23-25(30)33-29(31)34-26(23)37-12-14-44-15-13-37/h11,17-22,24,38-39H,8-10,12-16H2,1-7H3,(H2,35,36,42)(H4,30,31,33,34)/t19-,20?,21?,22?,24?,48?/m1/s1. The Bertz CT molecular complexity index is 1210. The number of hydrogen-bond donors (Lipinski definition) is 6. The predicted molar refractivity (Wildman–Crippen MR) is 180 cm³/mol. The number of nitrogens with two attached hydrogens (primary N) is 2. The molecule has 2 rings (SSSR count). The summed E-state index contributed by atoms with van der Waals surface area (Å²) in [5.74, 6) is -1.68. The number of aliphatic hydroxyl groups excluding tert-OH is 2. The normalized spacial score (nSPS) is 18.4. The van der Waals surface area contributed by atoms with E-state index in [4.69, 9.17) is 34.9 Å². The van der Waals surface area contributed by atoms with Gasteiger partial charge in [0.2, 0.25) is 5.95 Å². The van der Waals surface area contributed by atoms with Crippen molar-refractivity contribution in [3.05, 3.63) is 0 Å². The summed E-state index contributed by atoms with van der Waals surface area (Å²) in [6, 6.07) is -2.17. The molecule has 0 spiro atoms. The molecule has 1 aliphatic heterocycles. The lowest BCUT2D eigenvalue weighted by Gasteiger charge is -2.32. The van der Waals surface area contributed by atoms with E-state index in [1.807, 2.05) is 4.90 Å². The van der Waals surface area contributed by atoms with E-state index < -0.39 is 68.4 Å². The zero-order valence-corrected chi connectivity index (χ0v) is 29.7. The van der Waals surface area contributed by atoms with Crippen molar-refractivity contribution in [1.82, 2.24) is 20.1 Å². The minimum absolute atomic E-state index is 0.0171. The molecule has 0 aliphatic carbocycles. The van der Waals surface area contributed by atoms with Gasteiger partial charge in [0.25, 0.3) is 0 Å². The first-order valence-corrected chi connectivity index (χ1v) is 17.6. The summed E-state index contributed by atoms with van der Waals surface area (Å²) in [4.78, 5) is 40.0. The van der Waals surface area contributed by atoms with Crippen LogP contribution in [0.1, 0.15) is 48.0 Å². The molecular weight excluding hydrogens is 651 g/mol. The van der Waals surface area contributed by atoms with Gasteiger partial charge in [-0.1, -0.05) is 27.7 Å². The van der Waals surface area contributed by atoms with Crippen LogP contribution in [0.3, 0.4) is 0 Å². The Kier molecular flexibility index (Phi) is 17.1. The highest BCUT2D eigenvalue weighted by molar-refractivity contribution is 7.54. The van der Waals surface area contributed by atoms with Crippen molar-refractivity contribution in [2.75, 3.05) is 69.6 Å². The number of ether oxygens (including phenoxy) is 4. The molecule has 0 aromatic carbocycles. The molecule has 5 atom stereocenters. The average Bonchev–Trinajstić information content (AvgIpc) is 3.03. The van der Waals surface area contributed by atoms with Crippen molar-refractivity contribution >= 4 is 49.1 Å². The van der Waals surface area contributed by atoms with E-state index in [1.54, 1.807) is 41.5 Å². The molecule has 1 aliphatic rings. The number of nitrogens with zero attached hydrogens (tertiary/aromatic N) is 4. The van der Waals surface area contributed by atoms with Crippen LogP contribution in [0.2, 0.25) is 0 Å². The number of rotatable bonds is 20.